The normalized spacial score (nSPS) is 16.9. The van der Waals surface area contributed by atoms with Crippen LogP contribution >= 0.6 is 15.9 Å². The number of benzene rings is 1. The maximum atomic E-state index is 12.2. The maximum absolute atomic E-state index is 12.2. The summed E-state index contributed by atoms with van der Waals surface area (Å²) in [5, 5.41) is 0.897. The Hall–Kier alpha value is -0.880. The molecule has 0 atom stereocenters. The van der Waals surface area contributed by atoms with Crippen LogP contribution in [0.25, 0.3) is 0 Å². The molecule has 18 heavy (non-hydrogen) atoms. The molecule has 1 heterocycles. The smallest absolute Gasteiger partial charge is 0.268 e. The van der Waals surface area contributed by atoms with Crippen molar-refractivity contribution >= 4 is 31.9 Å². The van der Waals surface area contributed by atoms with E-state index in [1.807, 2.05) is 0 Å². The minimum Gasteiger partial charge on any atom is -0.268 e. The average Bonchev–Trinajstić information content (AvgIpc) is 2.55. The topological polar surface area (TPSA) is 54.5 Å². The number of halogens is 1. The summed E-state index contributed by atoms with van der Waals surface area (Å²) in [4.78, 5) is 12.1. The van der Waals surface area contributed by atoms with Crippen molar-refractivity contribution in [3.05, 3.63) is 29.8 Å². The van der Waals surface area contributed by atoms with Crippen LogP contribution < -0.4 is 0 Å². The number of alkyl halides is 1. The van der Waals surface area contributed by atoms with Crippen LogP contribution in [0, 0.1) is 0 Å². The van der Waals surface area contributed by atoms with E-state index in [0.29, 0.717) is 6.42 Å². The summed E-state index contributed by atoms with van der Waals surface area (Å²) in [6.45, 7) is 0.267. The van der Waals surface area contributed by atoms with Crippen LogP contribution in [0.5, 0.6) is 0 Å². The molecule has 6 heteroatoms. The highest BCUT2D eigenvalue weighted by Gasteiger charge is 2.40. The van der Waals surface area contributed by atoms with Gasteiger partial charge in [0.05, 0.1) is 5.56 Å². The van der Waals surface area contributed by atoms with Gasteiger partial charge in [-0.25, -0.2) is 12.7 Å². The van der Waals surface area contributed by atoms with Crippen molar-refractivity contribution in [1.29, 1.82) is 0 Å². The molecule has 0 N–H and O–H groups in total. The third kappa shape index (κ3) is 2.31. The van der Waals surface area contributed by atoms with E-state index in [4.69, 9.17) is 0 Å². The number of hydrogen-bond acceptors (Lipinski definition) is 3. The fourth-order valence-electron chi connectivity index (χ4n) is 1.98. The Balaban J connectivity index is 2.18. The summed E-state index contributed by atoms with van der Waals surface area (Å²) in [6, 6.07) is 6.37. The van der Waals surface area contributed by atoms with Crippen molar-refractivity contribution in [2.24, 2.45) is 0 Å². The van der Waals surface area contributed by atoms with Crippen LogP contribution in [0.15, 0.2) is 29.2 Å². The molecule has 1 aliphatic heterocycles. The Kier molecular flexibility index (Phi) is 4.07. The van der Waals surface area contributed by atoms with E-state index < -0.39 is 15.9 Å². The number of amides is 1. The van der Waals surface area contributed by atoms with E-state index >= 15 is 0 Å². The SMILES string of the molecule is O=C1c2ccccc2S(=O)(=O)N1CCCCCBr. The third-order valence-corrected chi connectivity index (χ3v) is 5.31. The second kappa shape index (κ2) is 5.40. The zero-order valence-electron chi connectivity index (χ0n) is 9.80. The predicted molar refractivity (Wildman–Crippen MR) is 72.3 cm³/mol. The average molecular weight is 332 g/mol. The van der Waals surface area contributed by atoms with Crippen molar-refractivity contribution in [3.63, 3.8) is 0 Å². The Morgan fingerprint density at radius 3 is 2.50 bits per heavy atom. The molecule has 0 aliphatic carbocycles. The summed E-state index contributed by atoms with van der Waals surface area (Å²) in [5.74, 6) is -0.399. The summed E-state index contributed by atoms with van der Waals surface area (Å²) in [7, 11) is -3.61. The van der Waals surface area contributed by atoms with Crippen molar-refractivity contribution in [2.45, 2.75) is 24.2 Å². The lowest BCUT2D eigenvalue weighted by molar-refractivity contribution is 0.0869. The number of rotatable bonds is 5. The van der Waals surface area contributed by atoms with Crippen LogP contribution in [0.1, 0.15) is 29.6 Å². The number of unbranched alkanes of at least 4 members (excludes halogenated alkanes) is 2. The standard InChI is InChI=1S/C12H14BrNO3S/c13-8-4-1-5-9-14-12(15)10-6-2-3-7-11(10)18(14,16)17/h2-3,6-7H,1,4-5,8-9H2. The molecule has 0 saturated carbocycles. The zero-order valence-corrected chi connectivity index (χ0v) is 12.2. The third-order valence-electron chi connectivity index (χ3n) is 2.91. The van der Waals surface area contributed by atoms with Gasteiger partial charge in [-0.2, -0.15) is 0 Å². The van der Waals surface area contributed by atoms with Gasteiger partial charge < -0.3 is 0 Å². The van der Waals surface area contributed by atoms with E-state index in [1.54, 1.807) is 18.2 Å². The highest BCUT2D eigenvalue weighted by Crippen LogP contribution is 2.29. The number of sulfonamides is 1. The fraction of sp³-hybridized carbons (Fsp3) is 0.417. The van der Waals surface area contributed by atoms with Gasteiger partial charge >= 0.3 is 0 Å². The maximum Gasteiger partial charge on any atom is 0.269 e. The number of hydrogen-bond donors (Lipinski definition) is 0. The molecule has 0 bridgehead atoms. The molecule has 0 spiro atoms. The minimum absolute atomic E-state index is 0.135. The molecule has 0 unspecified atom stereocenters. The van der Waals surface area contributed by atoms with Gasteiger partial charge in [-0.15, -0.1) is 0 Å². The van der Waals surface area contributed by atoms with Crippen LogP contribution in [0.4, 0.5) is 0 Å². The summed E-state index contributed by atoms with van der Waals surface area (Å²) < 4.78 is 25.3. The Bertz CT molecular complexity index is 556. The van der Waals surface area contributed by atoms with Crippen molar-refractivity contribution in [3.8, 4) is 0 Å². The fourth-order valence-corrected chi connectivity index (χ4v) is 3.98. The minimum atomic E-state index is -3.61. The highest BCUT2D eigenvalue weighted by atomic mass is 79.9. The van der Waals surface area contributed by atoms with Gasteiger partial charge in [-0.3, -0.25) is 4.79 Å². The van der Waals surface area contributed by atoms with Crippen molar-refractivity contribution in [2.75, 3.05) is 11.9 Å². The molecule has 98 valence electrons. The highest BCUT2D eigenvalue weighted by molar-refractivity contribution is 9.09. The lowest BCUT2D eigenvalue weighted by Crippen LogP contribution is -2.30. The van der Waals surface area contributed by atoms with Gasteiger partial charge in [0, 0.05) is 11.9 Å². The second-order valence-electron chi connectivity index (χ2n) is 4.13. The van der Waals surface area contributed by atoms with E-state index in [9.17, 15) is 13.2 Å². The van der Waals surface area contributed by atoms with Crippen molar-refractivity contribution in [1.82, 2.24) is 4.31 Å². The molecule has 1 aromatic rings. The first-order valence-electron chi connectivity index (χ1n) is 5.81. The molecule has 0 aromatic heterocycles. The van der Waals surface area contributed by atoms with Gasteiger partial charge in [0.2, 0.25) is 0 Å². The van der Waals surface area contributed by atoms with E-state index in [0.717, 1.165) is 22.5 Å². The molecule has 1 amide bonds. The van der Waals surface area contributed by atoms with Crippen molar-refractivity contribution < 1.29 is 13.2 Å². The van der Waals surface area contributed by atoms with Crippen LogP contribution in [0.3, 0.4) is 0 Å². The van der Waals surface area contributed by atoms with E-state index in [-0.39, 0.29) is 17.0 Å². The molecule has 0 fully saturated rings. The monoisotopic (exact) mass is 331 g/mol. The van der Waals surface area contributed by atoms with Gasteiger partial charge in [-0.05, 0) is 25.0 Å². The van der Waals surface area contributed by atoms with Gasteiger partial charge in [0.25, 0.3) is 15.9 Å². The summed E-state index contributed by atoms with van der Waals surface area (Å²) in [6.07, 6.45) is 2.58. The van der Waals surface area contributed by atoms with Gasteiger partial charge in [-0.1, -0.05) is 34.5 Å². The van der Waals surface area contributed by atoms with E-state index in [2.05, 4.69) is 15.9 Å². The Labute approximate surface area is 115 Å². The lowest BCUT2D eigenvalue weighted by atomic mass is 10.2. The van der Waals surface area contributed by atoms with Gasteiger partial charge in [0.15, 0.2) is 0 Å². The van der Waals surface area contributed by atoms with Crippen LogP contribution in [-0.4, -0.2) is 30.5 Å². The molecule has 4 nitrogen and oxygen atoms in total. The second-order valence-corrected chi connectivity index (χ2v) is 6.75. The lowest BCUT2D eigenvalue weighted by Gasteiger charge is -2.14. The van der Waals surface area contributed by atoms with Crippen LogP contribution in [0.2, 0.25) is 0 Å². The molecule has 1 aliphatic rings. The Morgan fingerprint density at radius 2 is 1.83 bits per heavy atom. The van der Waals surface area contributed by atoms with E-state index in [1.165, 1.54) is 6.07 Å². The first-order chi connectivity index (χ1) is 8.59. The number of carbonyl (C=O) groups excluding carboxylic acids is 1. The molecule has 0 saturated heterocycles. The van der Waals surface area contributed by atoms with Gasteiger partial charge in [0.1, 0.15) is 4.90 Å². The Morgan fingerprint density at radius 1 is 1.11 bits per heavy atom. The quantitative estimate of drug-likeness (QED) is 0.615. The predicted octanol–water partition coefficient (Wildman–Crippen LogP) is 2.40. The number of fused-ring (bicyclic) bond motifs is 1. The molecule has 2 rings (SSSR count). The number of nitrogens with zero attached hydrogens (tertiary/aromatic N) is 1. The molecular formula is C12H14BrNO3S. The largest absolute Gasteiger partial charge is 0.269 e. The number of carbonyl (C=O) groups is 1. The molecule has 1 aromatic carbocycles. The summed E-state index contributed by atoms with van der Waals surface area (Å²) in [5.41, 5.74) is 0.290. The first-order valence-corrected chi connectivity index (χ1v) is 8.37. The molecule has 0 radical (unpaired) electrons. The van der Waals surface area contributed by atoms with Crippen LogP contribution in [-0.2, 0) is 10.0 Å². The summed E-state index contributed by atoms with van der Waals surface area (Å²) >= 11 is 3.32. The first kappa shape index (κ1) is 13.5. The zero-order chi connectivity index (χ0) is 13.2. The molecular weight excluding hydrogens is 318 g/mol.